The van der Waals surface area contributed by atoms with E-state index >= 15 is 0 Å². The quantitative estimate of drug-likeness (QED) is 0.885. The largest absolute Gasteiger partial charge is 0.379 e. The first-order chi connectivity index (χ1) is 10.2. The second-order valence-corrected chi connectivity index (χ2v) is 5.91. The van der Waals surface area contributed by atoms with Crippen molar-refractivity contribution in [3.63, 3.8) is 0 Å². The number of imidazole rings is 1. The minimum Gasteiger partial charge on any atom is -0.379 e. The van der Waals surface area contributed by atoms with E-state index in [-0.39, 0.29) is 5.78 Å². The van der Waals surface area contributed by atoms with Gasteiger partial charge in [-0.25, -0.2) is 4.98 Å². The Balaban J connectivity index is 2.13. The molecular weight excluding hydrogens is 282 g/mol. The molecule has 0 aromatic carbocycles. The highest BCUT2D eigenvalue weighted by molar-refractivity contribution is 7.80. The molecule has 1 saturated carbocycles. The van der Waals surface area contributed by atoms with Crippen molar-refractivity contribution in [1.82, 2.24) is 14.7 Å². The summed E-state index contributed by atoms with van der Waals surface area (Å²) in [7, 11) is 0. The van der Waals surface area contributed by atoms with Crippen molar-refractivity contribution < 1.29 is 4.79 Å². The van der Waals surface area contributed by atoms with Gasteiger partial charge >= 0.3 is 0 Å². The van der Waals surface area contributed by atoms with Crippen LogP contribution < -0.4 is 5.32 Å². The number of aromatic nitrogens is 2. The molecule has 2 aromatic heterocycles. The van der Waals surface area contributed by atoms with Gasteiger partial charge < -0.3 is 9.72 Å². The number of likely N-dealkylation sites (N-methyl/N-ethyl adjacent to an activating group) is 1. The van der Waals surface area contributed by atoms with Crippen LogP contribution in [0.1, 0.15) is 38.2 Å². The fourth-order valence-corrected chi connectivity index (χ4v) is 3.67. The predicted octanol–water partition coefficient (Wildman–Crippen LogP) is 2.65. The first-order valence-corrected chi connectivity index (χ1v) is 7.84. The van der Waals surface area contributed by atoms with Gasteiger partial charge in [-0.3, -0.25) is 4.79 Å². The third-order valence-electron chi connectivity index (χ3n) is 4.29. The average Bonchev–Trinajstić information content (AvgIpc) is 2.95. The summed E-state index contributed by atoms with van der Waals surface area (Å²) < 4.78 is 1.95. The van der Waals surface area contributed by atoms with Gasteiger partial charge in [-0.2, -0.15) is 0 Å². The lowest BCUT2D eigenvalue weighted by Gasteiger charge is -2.37. The lowest BCUT2D eigenvalue weighted by molar-refractivity contribution is -0.124. The van der Waals surface area contributed by atoms with E-state index < -0.39 is 5.41 Å². The summed E-state index contributed by atoms with van der Waals surface area (Å²) in [6.45, 7) is 2.74. The van der Waals surface area contributed by atoms with Crippen molar-refractivity contribution in [3.05, 3.63) is 36.3 Å². The number of carbonyl (C=O) groups is 1. The van der Waals surface area contributed by atoms with Crippen LogP contribution in [-0.4, -0.2) is 26.7 Å². The normalized spacial score (nSPS) is 22.4. The van der Waals surface area contributed by atoms with Crippen molar-refractivity contribution in [2.45, 2.75) is 38.0 Å². The molecule has 4 nitrogen and oxygen atoms in total. The zero-order valence-electron chi connectivity index (χ0n) is 12.1. The highest BCUT2D eigenvalue weighted by Crippen LogP contribution is 2.38. The van der Waals surface area contributed by atoms with Gasteiger partial charge in [0, 0.05) is 31.6 Å². The summed E-state index contributed by atoms with van der Waals surface area (Å²) in [5.41, 5.74) is 1.19. The average molecular weight is 301 g/mol. The monoisotopic (exact) mass is 301 g/mol. The fraction of sp³-hybridized carbons (Fsp3) is 0.438. The van der Waals surface area contributed by atoms with Gasteiger partial charge in [0.15, 0.2) is 0 Å². The van der Waals surface area contributed by atoms with Gasteiger partial charge in [0.25, 0.3) is 0 Å². The Morgan fingerprint density at radius 2 is 2.33 bits per heavy atom. The molecule has 1 unspecified atom stereocenters. The zero-order chi connectivity index (χ0) is 14.9. The molecule has 1 fully saturated rings. The first-order valence-electron chi connectivity index (χ1n) is 7.43. The molecule has 0 radical (unpaired) electrons. The van der Waals surface area contributed by atoms with E-state index in [1.165, 1.54) is 0 Å². The highest BCUT2D eigenvalue weighted by Gasteiger charge is 2.45. The van der Waals surface area contributed by atoms with Gasteiger partial charge in [0.1, 0.15) is 16.8 Å². The van der Waals surface area contributed by atoms with Gasteiger partial charge in [0.2, 0.25) is 0 Å². The Hall–Kier alpha value is -1.75. The second kappa shape index (κ2) is 5.56. The number of rotatable bonds is 3. The van der Waals surface area contributed by atoms with E-state index in [9.17, 15) is 4.79 Å². The van der Waals surface area contributed by atoms with Crippen molar-refractivity contribution in [2.75, 3.05) is 6.54 Å². The van der Waals surface area contributed by atoms with Crippen LogP contribution in [0.25, 0.3) is 5.65 Å². The molecule has 3 rings (SSSR count). The van der Waals surface area contributed by atoms with Crippen LogP contribution in [0.15, 0.2) is 30.7 Å². The van der Waals surface area contributed by atoms with Crippen LogP contribution >= 0.6 is 12.2 Å². The molecule has 21 heavy (non-hydrogen) atoms. The van der Waals surface area contributed by atoms with E-state index in [0.29, 0.717) is 11.4 Å². The highest BCUT2D eigenvalue weighted by atomic mass is 32.1. The maximum Gasteiger partial charge on any atom is 0.150 e. The van der Waals surface area contributed by atoms with Crippen LogP contribution in [0.2, 0.25) is 0 Å². The Bertz CT molecular complexity index is 694. The molecule has 0 amide bonds. The van der Waals surface area contributed by atoms with Gasteiger partial charge in [-0.1, -0.05) is 24.7 Å². The minimum absolute atomic E-state index is 0.235. The Morgan fingerprint density at radius 1 is 1.48 bits per heavy atom. The van der Waals surface area contributed by atoms with Crippen LogP contribution in [0, 0.1) is 0 Å². The Labute approximate surface area is 129 Å². The summed E-state index contributed by atoms with van der Waals surface area (Å²) >= 11 is 5.59. The fourth-order valence-electron chi connectivity index (χ4n) is 3.19. The number of hydrogen-bond acceptors (Lipinski definition) is 3. The summed E-state index contributed by atoms with van der Waals surface area (Å²) in [6.07, 6.45) is 9.04. The van der Waals surface area contributed by atoms with Crippen molar-refractivity contribution in [1.29, 1.82) is 0 Å². The van der Waals surface area contributed by atoms with Crippen molar-refractivity contribution in [3.8, 4) is 0 Å². The Morgan fingerprint density at radius 3 is 3.10 bits per heavy atom. The smallest absolute Gasteiger partial charge is 0.150 e. The van der Waals surface area contributed by atoms with Gasteiger partial charge in [0.05, 0.1) is 4.99 Å². The summed E-state index contributed by atoms with van der Waals surface area (Å²) in [5, 5.41) is 3.21. The number of pyridine rings is 1. The molecule has 1 aliphatic rings. The lowest BCUT2D eigenvalue weighted by Crippen LogP contribution is -2.50. The van der Waals surface area contributed by atoms with Crippen LogP contribution in [-0.2, 0) is 10.2 Å². The van der Waals surface area contributed by atoms with Gasteiger partial charge in [-0.15, -0.1) is 0 Å². The van der Waals surface area contributed by atoms with E-state index in [4.69, 9.17) is 12.2 Å². The third kappa shape index (κ3) is 2.25. The van der Waals surface area contributed by atoms with Crippen LogP contribution in [0.4, 0.5) is 0 Å². The molecule has 2 heterocycles. The molecule has 0 saturated heterocycles. The molecule has 110 valence electrons. The van der Waals surface area contributed by atoms with Crippen LogP contribution in [0.3, 0.4) is 0 Å². The summed E-state index contributed by atoms with van der Waals surface area (Å²) in [4.78, 5) is 17.7. The number of thiocarbonyl (C=S) groups is 1. The molecule has 0 aliphatic heterocycles. The van der Waals surface area contributed by atoms with Crippen molar-refractivity contribution >= 4 is 28.6 Å². The van der Waals surface area contributed by atoms with E-state index in [2.05, 4.69) is 10.3 Å². The van der Waals surface area contributed by atoms with Crippen molar-refractivity contribution in [2.24, 2.45) is 0 Å². The molecular formula is C16H19N3OS. The first kappa shape index (κ1) is 14.2. The van der Waals surface area contributed by atoms with Crippen LogP contribution in [0.5, 0.6) is 0 Å². The molecule has 1 atom stereocenters. The minimum atomic E-state index is -0.665. The van der Waals surface area contributed by atoms with E-state index in [1.54, 1.807) is 6.20 Å². The number of Topliss-reactive ketones (excluding diaryl/α,β-unsaturated/α-hetero) is 1. The molecule has 0 spiro atoms. The number of ketones is 1. The number of nitrogens with zero attached hydrogens (tertiary/aromatic N) is 2. The number of carbonyl (C=O) groups excluding carboxylic acids is 1. The topological polar surface area (TPSA) is 46.4 Å². The summed E-state index contributed by atoms with van der Waals surface area (Å²) in [5.74, 6) is 0.235. The molecule has 2 aromatic rings. The van der Waals surface area contributed by atoms with Gasteiger partial charge in [-0.05, 0) is 31.4 Å². The molecule has 1 aliphatic carbocycles. The standard InChI is InChI=1S/C16H19N3OS/c1-2-17-15(21)16(8-4-3-5-13(16)20)12-6-7-14-18-9-10-19(14)11-12/h6-7,9-11H,2-5,8H2,1H3,(H,17,21). The third-order valence-corrected chi connectivity index (χ3v) is 4.78. The molecule has 0 bridgehead atoms. The van der Waals surface area contributed by atoms with E-state index in [0.717, 1.165) is 37.0 Å². The Kier molecular flexibility index (Phi) is 3.76. The predicted molar refractivity (Wildman–Crippen MR) is 86.6 cm³/mol. The SMILES string of the molecule is CCNC(=S)C1(c2ccc3nccn3c2)CCCCC1=O. The zero-order valence-corrected chi connectivity index (χ0v) is 12.9. The summed E-state index contributed by atoms with van der Waals surface area (Å²) in [6, 6.07) is 3.95. The number of nitrogens with one attached hydrogen (secondary N) is 1. The molecule has 5 heteroatoms. The second-order valence-electron chi connectivity index (χ2n) is 5.51. The molecule has 1 N–H and O–H groups in total. The lowest BCUT2D eigenvalue weighted by atomic mass is 9.68. The maximum atomic E-state index is 12.8. The number of hydrogen-bond donors (Lipinski definition) is 1. The van der Waals surface area contributed by atoms with E-state index in [1.807, 2.05) is 35.9 Å². The number of fused-ring (bicyclic) bond motifs is 1. The maximum absolute atomic E-state index is 12.8.